The maximum absolute atomic E-state index is 10.0. The highest BCUT2D eigenvalue weighted by Gasteiger charge is 2.02. The maximum Gasteiger partial charge on any atom is 0.123 e. The Labute approximate surface area is 112 Å². The number of hydrogen-bond donors (Lipinski definition) is 1. The first-order valence-electron chi connectivity index (χ1n) is 6.28. The van der Waals surface area contributed by atoms with Crippen molar-refractivity contribution in [1.29, 1.82) is 0 Å². The Morgan fingerprint density at radius 1 is 0.684 bits per heavy atom. The summed E-state index contributed by atoms with van der Waals surface area (Å²) < 4.78 is 0. The lowest BCUT2D eigenvalue weighted by atomic mass is 10.0. The number of aromatic hydroxyl groups is 1. The molecule has 0 saturated heterocycles. The Morgan fingerprint density at radius 3 is 2.26 bits per heavy atom. The van der Waals surface area contributed by atoms with Gasteiger partial charge in [0.2, 0.25) is 0 Å². The lowest BCUT2D eigenvalue weighted by Gasteiger charge is -2.05. The van der Waals surface area contributed by atoms with Crippen molar-refractivity contribution in [3.05, 3.63) is 77.9 Å². The van der Waals surface area contributed by atoms with Crippen molar-refractivity contribution < 1.29 is 5.11 Å². The van der Waals surface area contributed by atoms with Crippen LogP contribution in [0.25, 0.3) is 22.9 Å². The highest BCUT2D eigenvalue weighted by atomic mass is 16.3. The van der Waals surface area contributed by atoms with Gasteiger partial charge in [-0.05, 0) is 22.4 Å². The van der Waals surface area contributed by atoms with Crippen LogP contribution in [-0.2, 0) is 0 Å². The fourth-order valence-corrected chi connectivity index (χ4v) is 2.20. The molecule has 19 heavy (non-hydrogen) atoms. The standard InChI is InChI=1S/C18H14O/c19-18-13-11-15-8-4-5-9-16(15)17(18)12-10-14-6-2-1-3-7-14/h1-13,19H. The fourth-order valence-electron chi connectivity index (χ4n) is 2.20. The van der Waals surface area contributed by atoms with E-state index in [0.717, 1.165) is 21.9 Å². The van der Waals surface area contributed by atoms with Crippen LogP contribution in [0.5, 0.6) is 5.75 Å². The normalized spacial score (nSPS) is 11.2. The summed E-state index contributed by atoms with van der Waals surface area (Å²) in [5, 5.41) is 12.2. The summed E-state index contributed by atoms with van der Waals surface area (Å²) in [4.78, 5) is 0. The number of phenols is 1. The second-order valence-electron chi connectivity index (χ2n) is 4.46. The minimum absolute atomic E-state index is 0.311. The smallest absolute Gasteiger partial charge is 0.123 e. The molecule has 0 aromatic heterocycles. The summed E-state index contributed by atoms with van der Waals surface area (Å²) in [7, 11) is 0. The summed E-state index contributed by atoms with van der Waals surface area (Å²) in [5.41, 5.74) is 1.98. The number of hydrogen-bond acceptors (Lipinski definition) is 1. The average Bonchev–Trinajstić information content (AvgIpc) is 2.47. The summed E-state index contributed by atoms with van der Waals surface area (Å²) in [6.07, 6.45) is 3.98. The van der Waals surface area contributed by atoms with Crippen molar-refractivity contribution in [2.24, 2.45) is 0 Å². The van der Waals surface area contributed by atoms with E-state index < -0.39 is 0 Å². The van der Waals surface area contributed by atoms with Gasteiger partial charge in [0.25, 0.3) is 0 Å². The van der Waals surface area contributed by atoms with Crippen LogP contribution in [0, 0.1) is 0 Å². The molecule has 3 aromatic carbocycles. The van der Waals surface area contributed by atoms with Crippen LogP contribution >= 0.6 is 0 Å². The molecule has 0 unspecified atom stereocenters. The van der Waals surface area contributed by atoms with Crippen LogP contribution < -0.4 is 0 Å². The van der Waals surface area contributed by atoms with Crippen LogP contribution in [0.15, 0.2) is 66.7 Å². The molecule has 0 aliphatic rings. The molecule has 3 aromatic rings. The van der Waals surface area contributed by atoms with E-state index in [4.69, 9.17) is 0 Å². The summed E-state index contributed by atoms with van der Waals surface area (Å²) >= 11 is 0. The molecule has 0 atom stereocenters. The lowest BCUT2D eigenvalue weighted by molar-refractivity contribution is 0.475. The average molecular weight is 246 g/mol. The second-order valence-corrected chi connectivity index (χ2v) is 4.46. The molecule has 0 amide bonds. The molecule has 0 fully saturated rings. The first kappa shape index (κ1) is 11.5. The molecule has 0 spiro atoms. The van der Waals surface area contributed by atoms with Gasteiger partial charge in [0.05, 0.1) is 0 Å². The summed E-state index contributed by atoms with van der Waals surface area (Å²) in [6.45, 7) is 0. The van der Waals surface area contributed by atoms with Gasteiger partial charge >= 0.3 is 0 Å². The molecular formula is C18H14O. The highest BCUT2D eigenvalue weighted by Crippen LogP contribution is 2.28. The van der Waals surface area contributed by atoms with Crippen LogP contribution in [0.3, 0.4) is 0 Å². The lowest BCUT2D eigenvalue weighted by Crippen LogP contribution is -1.80. The molecule has 0 heterocycles. The van der Waals surface area contributed by atoms with Gasteiger partial charge in [-0.25, -0.2) is 0 Å². The molecule has 1 heteroatoms. The maximum atomic E-state index is 10.0. The topological polar surface area (TPSA) is 20.2 Å². The predicted octanol–water partition coefficient (Wildman–Crippen LogP) is 4.72. The van der Waals surface area contributed by atoms with Crippen molar-refractivity contribution in [1.82, 2.24) is 0 Å². The van der Waals surface area contributed by atoms with E-state index in [2.05, 4.69) is 6.07 Å². The van der Waals surface area contributed by atoms with Gasteiger partial charge < -0.3 is 5.11 Å². The Balaban J connectivity index is 2.10. The SMILES string of the molecule is Oc1ccc2ccccc2c1C=Cc1ccccc1. The molecule has 0 aliphatic heterocycles. The number of fused-ring (bicyclic) bond motifs is 1. The van der Waals surface area contributed by atoms with Crippen molar-refractivity contribution in [2.45, 2.75) is 0 Å². The van der Waals surface area contributed by atoms with Gasteiger partial charge in [0.1, 0.15) is 5.75 Å². The Bertz CT molecular complexity index is 727. The van der Waals surface area contributed by atoms with Gasteiger partial charge in [0, 0.05) is 5.56 Å². The van der Waals surface area contributed by atoms with Crippen molar-refractivity contribution in [2.75, 3.05) is 0 Å². The third kappa shape index (κ3) is 2.36. The van der Waals surface area contributed by atoms with Crippen LogP contribution in [0.2, 0.25) is 0 Å². The van der Waals surface area contributed by atoms with Crippen molar-refractivity contribution in [3.63, 3.8) is 0 Å². The minimum Gasteiger partial charge on any atom is -0.507 e. The molecule has 0 aliphatic carbocycles. The minimum atomic E-state index is 0.311. The van der Waals surface area contributed by atoms with Crippen molar-refractivity contribution >= 4 is 22.9 Å². The fraction of sp³-hybridized carbons (Fsp3) is 0. The Hall–Kier alpha value is -2.54. The van der Waals surface area contributed by atoms with E-state index in [1.807, 2.05) is 66.7 Å². The van der Waals surface area contributed by atoms with E-state index in [9.17, 15) is 5.11 Å². The third-order valence-electron chi connectivity index (χ3n) is 3.19. The highest BCUT2D eigenvalue weighted by molar-refractivity contribution is 5.95. The van der Waals surface area contributed by atoms with E-state index in [0.29, 0.717) is 5.75 Å². The number of phenolic OH excluding ortho intramolecular Hbond substituents is 1. The van der Waals surface area contributed by atoms with Gasteiger partial charge in [-0.15, -0.1) is 0 Å². The zero-order valence-corrected chi connectivity index (χ0v) is 10.5. The van der Waals surface area contributed by atoms with Crippen molar-refractivity contribution in [3.8, 4) is 5.75 Å². The van der Waals surface area contributed by atoms with E-state index in [-0.39, 0.29) is 0 Å². The van der Waals surface area contributed by atoms with E-state index in [1.165, 1.54) is 0 Å². The number of rotatable bonds is 2. The first-order valence-corrected chi connectivity index (χ1v) is 6.28. The van der Waals surface area contributed by atoms with E-state index >= 15 is 0 Å². The predicted molar refractivity (Wildman–Crippen MR) is 81.0 cm³/mol. The molecule has 1 nitrogen and oxygen atoms in total. The molecule has 0 radical (unpaired) electrons. The molecule has 0 saturated carbocycles. The molecule has 92 valence electrons. The van der Waals surface area contributed by atoms with Gasteiger partial charge in [0.15, 0.2) is 0 Å². The summed E-state index contributed by atoms with van der Waals surface area (Å²) in [5.74, 6) is 0.311. The second kappa shape index (κ2) is 4.99. The van der Waals surface area contributed by atoms with Crippen LogP contribution in [0.4, 0.5) is 0 Å². The van der Waals surface area contributed by atoms with E-state index in [1.54, 1.807) is 6.07 Å². The number of benzene rings is 3. The Morgan fingerprint density at radius 2 is 1.42 bits per heavy atom. The summed E-state index contributed by atoms with van der Waals surface area (Å²) in [6, 6.07) is 21.8. The quantitative estimate of drug-likeness (QED) is 0.649. The van der Waals surface area contributed by atoms with Gasteiger partial charge in [-0.2, -0.15) is 0 Å². The van der Waals surface area contributed by atoms with Gasteiger partial charge in [-0.1, -0.05) is 72.8 Å². The van der Waals surface area contributed by atoms with Gasteiger partial charge in [-0.3, -0.25) is 0 Å². The third-order valence-corrected chi connectivity index (χ3v) is 3.19. The molecule has 1 N–H and O–H groups in total. The monoisotopic (exact) mass is 246 g/mol. The Kier molecular flexibility index (Phi) is 3.03. The first-order chi connectivity index (χ1) is 9.34. The molecule has 3 rings (SSSR count). The zero-order chi connectivity index (χ0) is 13.1. The van der Waals surface area contributed by atoms with Crippen LogP contribution in [0.1, 0.15) is 11.1 Å². The zero-order valence-electron chi connectivity index (χ0n) is 10.5. The van der Waals surface area contributed by atoms with Crippen LogP contribution in [-0.4, -0.2) is 5.11 Å². The largest absolute Gasteiger partial charge is 0.507 e. The molecule has 0 bridgehead atoms. The molecular weight excluding hydrogens is 232 g/mol.